The third kappa shape index (κ3) is 3.38. The molecule has 1 saturated heterocycles. The molecule has 2 aromatic carbocycles. The predicted molar refractivity (Wildman–Crippen MR) is 136 cm³/mol. The third-order valence-corrected chi connectivity index (χ3v) is 10.3. The lowest BCUT2D eigenvalue weighted by Gasteiger charge is -2.26. The molecule has 2 aliphatic heterocycles. The number of aryl methyl sites for hydroxylation is 1. The van der Waals surface area contributed by atoms with E-state index < -0.39 is 9.73 Å². The van der Waals surface area contributed by atoms with Gasteiger partial charge in [-0.3, -0.25) is 0 Å². The second kappa shape index (κ2) is 7.39. The molecule has 0 spiro atoms. The van der Waals surface area contributed by atoms with Gasteiger partial charge in [0.1, 0.15) is 5.82 Å². The highest BCUT2D eigenvalue weighted by molar-refractivity contribution is 7.93. The fourth-order valence-corrected chi connectivity index (χ4v) is 8.05. The van der Waals surface area contributed by atoms with E-state index in [1.165, 1.54) is 5.56 Å². The van der Waals surface area contributed by atoms with Crippen molar-refractivity contribution in [2.45, 2.75) is 43.3 Å². The van der Waals surface area contributed by atoms with Crippen molar-refractivity contribution in [1.82, 2.24) is 9.97 Å². The zero-order valence-electron chi connectivity index (χ0n) is 19.4. The van der Waals surface area contributed by atoms with Crippen LogP contribution in [0.15, 0.2) is 51.7 Å². The number of rotatable bonds is 3. The summed E-state index contributed by atoms with van der Waals surface area (Å²) >= 11 is 0. The van der Waals surface area contributed by atoms with E-state index in [2.05, 4.69) is 41.0 Å². The third-order valence-electron chi connectivity index (χ3n) is 7.84. The van der Waals surface area contributed by atoms with E-state index in [9.17, 15) is 4.21 Å². The van der Waals surface area contributed by atoms with Gasteiger partial charge in [0.25, 0.3) is 0 Å². The van der Waals surface area contributed by atoms with E-state index in [4.69, 9.17) is 20.1 Å². The summed E-state index contributed by atoms with van der Waals surface area (Å²) in [6.45, 7) is 5.29. The van der Waals surface area contributed by atoms with Gasteiger partial charge in [-0.25, -0.2) is 13.6 Å². The Labute approximate surface area is 200 Å². The van der Waals surface area contributed by atoms with Gasteiger partial charge in [0.05, 0.1) is 31.9 Å². The lowest BCUT2D eigenvalue weighted by Crippen LogP contribution is -2.31. The monoisotopic (exact) mass is 474 g/mol. The molecule has 0 amide bonds. The van der Waals surface area contributed by atoms with Crippen molar-refractivity contribution in [1.29, 1.82) is 0 Å². The largest absolute Gasteiger partial charge is 0.355 e. The number of piperidine rings is 1. The number of nitrogens with zero attached hydrogens (tertiary/aromatic N) is 5. The van der Waals surface area contributed by atoms with E-state index in [0.29, 0.717) is 42.7 Å². The van der Waals surface area contributed by atoms with Crippen LogP contribution in [-0.4, -0.2) is 51.6 Å². The highest BCUT2D eigenvalue weighted by Gasteiger charge is 2.54. The van der Waals surface area contributed by atoms with E-state index in [-0.39, 0.29) is 6.04 Å². The molecule has 0 bridgehead atoms. The molecule has 3 unspecified atom stereocenters. The molecule has 4 aliphatic rings. The van der Waals surface area contributed by atoms with E-state index in [0.717, 1.165) is 53.1 Å². The molecule has 3 fully saturated rings. The van der Waals surface area contributed by atoms with Crippen LogP contribution >= 0.6 is 0 Å². The van der Waals surface area contributed by atoms with Crippen LogP contribution in [0.3, 0.4) is 0 Å². The number of fused-ring (bicyclic) bond motifs is 3. The number of aromatic nitrogens is 2. The molecule has 176 valence electrons. The van der Waals surface area contributed by atoms with Gasteiger partial charge in [0.2, 0.25) is 5.95 Å². The molecule has 7 rings (SSSR count). The second-order valence-corrected chi connectivity index (χ2v) is 12.7. The molecule has 1 aromatic heterocycles. The lowest BCUT2D eigenvalue weighted by atomic mass is 10.1. The van der Waals surface area contributed by atoms with Crippen LogP contribution in [0.5, 0.6) is 0 Å². The Kier molecular flexibility index (Phi) is 4.49. The van der Waals surface area contributed by atoms with Gasteiger partial charge in [-0.2, -0.15) is 4.98 Å². The number of hydrogen-bond acceptors (Lipinski definition) is 7. The molecular weight excluding hydrogens is 444 g/mol. The highest BCUT2D eigenvalue weighted by Crippen LogP contribution is 2.46. The minimum atomic E-state index is -2.44. The van der Waals surface area contributed by atoms with Gasteiger partial charge < -0.3 is 15.5 Å². The van der Waals surface area contributed by atoms with Crippen molar-refractivity contribution in [3.8, 4) is 0 Å². The van der Waals surface area contributed by atoms with Crippen molar-refractivity contribution in [2.24, 2.45) is 21.9 Å². The number of hydrogen-bond donors (Lipinski definition) is 1. The summed E-state index contributed by atoms with van der Waals surface area (Å²) in [4.78, 5) is 15.6. The first-order chi connectivity index (χ1) is 16.5. The van der Waals surface area contributed by atoms with Gasteiger partial charge >= 0.3 is 0 Å². The van der Waals surface area contributed by atoms with E-state index >= 15 is 0 Å². The molecule has 3 heterocycles. The van der Waals surface area contributed by atoms with Crippen LogP contribution in [0.2, 0.25) is 0 Å². The molecule has 2 aliphatic carbocycles. The van der Waals surface area contributed by atoms with Crippen LogP contribution in [0.1, 0.15) is 24.0 Å². The molecule has 2 saturated carbocycles. The SMILES string of the molecule is Cc1ccc2nc(N3CCS(=O)(=NC4CC4)c4ccccc4C3)nc(N3CC4C(N)C4C3)c2c1. The maximum absolute atomic E-state index is 14.0. The first kappa shape index (κ1) is 20.6. The van der Waals surface area contributed by atoms with Crippen LogP contribution in [0.25, 0.3) is 10.9 Å². The summed E-state index contributed by atoms with van der Waals surface area (Å²) in [5.41, 5.74) is 9.45. The van der Waals surface area contributed by atoms with Crippen molar-refractivity contribution in [2.75, 3.05) is 35.2 Å². The topological polar surface area (TPSA) is 87.7 Å². The quantitative estimate of drug-likeness (QED) is 0.626. The molecule has 2 N–H and O–H groups in total. The maximum Gasteiger partial charge on any atom is 0.228 e. The summed E-state index contributed by atoms with van der Waals surface area (Å²) in [5.74, 6) is 3.38. The Balaban J connectivity index is 1.31. The Morgan fingerprint density at radius 3 is 2.65 bits per heavy atom. The Bertz CT molecular complexity index is 1410. The Hall–Kier alpha value is -2.71. The minimum Gasteiger partial charge on any atom is -0.355 e. The average molecular weight is 475 g/mol. The zero-order valence-corrected chi connectivity index (χ0v) is 20.2. The van der Waals surface area contributed by atoms with E-state index in [1.54, 1.807) is 0 Å². The zero-order chi connectivity index (χ0) is 23.0. The Morgan fingerprint density at radius 1 is 1.06 bits per heavy atom. The summed E-state index contributed by atoms with van der Waals surface area (Å²) in [5, 5.41) is 1.10. The van der Waals surface area contributed by atoms with Crippen LogP contribution in [0, 0.1) is 18.8 Å². The number of nitrogens with two attached hydrogens (primary N) is 1. The van der Waals surface area contributed by atoms with Gasteiger partial charge in [-0.15, -0.1) is 0 Å². The summed E-state index contributed by atoms with van der Waals surface area (Å²) in [6, 6.07) is 15.1. The van der Waals surface area contributed by atoms with Crippen LogP contribution in [-0.2, 0) is 16.3 Å². The van der Waals surface area contributed by atoms with Gasteiger partial charge in [-0.05, 0) is 55.4 Å². The first-order valence-electron chi connectivity index (χ1n) is 12.3. The van der Waals surface area contributed by atoms with Gasteiger partial charge in [0, 0.05) is 37.6 Å². The van der Waals surface area contributed by atoms with E-state index in [1.807, 2.05) is 18.2 Å². The lowest BCUT2D eigenvalue weighted by molar-refractivity contribution is 0.674. The normalized spacial score (nSPS) is 30.1. The molecule has 7 nitrogen and oxygen atoms in total. The molecule has 8 heteroatoms. The van der Waals surface area contributed by atoms with Crippen molar-refractivity contribution in [3.05, 3.63) is 53.6 Å². The standard InChI is InChI=1S/C26H30N6OS/c1-16-6-9-22-19(12-16)25(32-14-20-21(15-32)24(20)27)29-26(28-22)31-10-11-34(33,30-18-7-8-18)23-5-3-2-4-17(23)13-31/h2-6,9,12,18,20-21,24H,7-8,10-11,13-15,27H2,1H3. The van der Waals surface area contributed by atoms with Crippen molar-refractivity contribution >= 4 is 32.4 Å². The Morgan fingerprint density at radius 2 is 1.85 bits per heavy atom. The molecular formula is C26H30N6OS. The summed E-state index contributed by atoms with van der Waals surface area (Å²) < 4.78 is 18.8. The average Bonchev–Trinajstić information content (AvgIpc) is 3.72. The number of benzene rings is 2. The first-order valence-corrected chi connectivity index (χ1v) is 14.0. The number of anilines is 2. The van der Waals surface area contributed by atoms with Gasteiger partial charge in [0.15, 0.2) is 0 Å². The minimum absolute atomic E-state index is 0.256. The van der Waals surface area contributed by atoms with Crippen molar-refractivity contribution in [3.63, 3.8) is 0 Å². The van der Waals surface area contributed by atoms with Crippen LogP contribution in [0.4, 0.5) is 11.8 Å². The van der Waals surface area contributed by atoms with Crippen LogP contribution < -0.4 is 15.5 Å². The van der Waals surface area contributed by atoms with Gasteiger partial charge in [-0.1, -0.05) is 29.8 Å². The molecule has 3 atom stereocenters. The van der Waals surface area contributed by atoms with Crippen molar-refractivity contribution < 1.29 is 4.21 Å². The molecule has 3 aromatic rings. The highest BCUT2D eigenvalue weighted by atomic mass is 32.2. The smallest absolute Gasteiger partial charge is 0.228 e. The fourth-order valence-electron chi connectivity index (χ4n) is 5.62. The summed E-state index contributed by atoms with van der Waals surface area (Å²) in [6.07, 6.45) is 2.11. The molecule has 0 radical (unpaired) electrons. The second-order valence-electron chi connectivity index (χ2n) is 10.4. The predicted octanol–water partition coefficient (Wildman–Crippen LogP) is 3.34. The maximum atomic E-state index is 14.0. The fraction of sp³-hybridized carbons (Fsp3) is 0.462. The molecule has 34 heavy (non-hydrogen) atoms. The summed E-state index contributed by atoms with van der Waals surface area (Å²) in [7, 11) is -2.44.